The van der Waals surface area contributed by atoms with Gasteiger partial charge in [0.2, 0.25) is 5.91 Å². The van der Waals surface area contributed by atoms with Crippen molar-refractivity contribution in [1.29, 1.82) is 0 Å². The molecule has 6 heteroatoms. The number of hydrogen-bond donors (Lipinski definition) is 1. The third-order valence-corrected chi connectivity index (χ3v) is 4.17. The molecule has 1 aliphatic rings. The molecule has 1 saturated heterocycles. The van der Waals surface area contributed by atoms with E-state index in [0.717, 1.165) is 38.0 Å². The van der Waals surface area contributed by atoms with Gasteiger partial charge >= 0.3 is 0 Å². The minimum atomic E-state index is -0.577. The van der Waals surface area contributed by atoms with Crippen LogP contribution in [0.3, 0.4) is 0 Å². The van der Waals surface area contributed by atoms with E-state index < -0.39 is 6.04 Å². The molecule has 22 heavy (non-hydrogen) atoms. The Hall–Kier alpha value is -2.21. The Bertz CT molecular complexity index is 598. The number of likely N-dealkylation sites (tertiary alicyclic amines) is 1. The first-order valence-electron chi connectivity index (χ1n) is 7.66. The lowest BCUT2D eigenvalue weighted by Crippen LogP contribution is -2.45. The molecule has 116 valence electrons. The van der Waals surface area contributed by atoms with Crippen molar-refractivity contribution in [3.05, 3.63) is 48.5 Å². The molecule has 0 radical (unpaired) electrons. The molecule has 2 aromatic rings. The summed E-state index contributed by atoms with van der Waals surface area (Å²) in [7, 11) is 0. The summed E-state index contributed by atoms with van der Waals surface area (Å²) in [5.41, 5.74) is 7.00. The lowest BCUT2D eigenvalue weighted by atomic mass is 9.96. The van der Waals surface area contributed by atoms with E-state index in [2.05, 4.69) is 10.1 Å². The van der Waals surface area contributed by atoms with Crippen LogP contribution in [0.25, 0.3) is 0 Å². The normalized spacial score (nSPS) is 19.9. The molecule has 1 aliphatic heterocycles. The zero-order valence-electron chi connectivity index (χ0n) is 12.5. The van der Waals surface area contributed by atoms with E-state index in [1.165, 1.54) is 6.33 Å². The summed E-state index contributed by atoms with van der Waals surface area (Å²) < 4.78 is 1.83. The Morgan fingerprint density at radius 3 is 2.91 bits per heavy atom. The highest BCUT2D eigenvalue weighted by Gasteiger charge is 2.28. The third kappa shape index (κ3) is 3.33. The van der Waals surface area contributed by atoms with Crippen molar-refractivity contribution in [1.82, 2.24) is 19.7 Å². The van der Waals surface area contributed by atoms with Crippen molar-refractivity contribution in [2.24, 2.45) is 11.7 Å². The summed E-state index contributed by atoms with van der Waals surface area (Å²) in [4.78, 5) is 18.5. The van der Waals surface area contributed by atoms with Crippen LogP contribution in [0, 0.1) is 5.92 Å². The quantitative estimate of drug-likeness (QED) is 0.921. The van der Waals surface area contributed by atoms with Crippen molar-refractivity contribution >= 4 is 5.91 Å². The van der Waals surface area contributed by atoms with Gasteiger partial charge in [-0.25, -0.2) is 4.98 Å². The van der Waals surface area contributed by atoms with E-state index in [1.54, 1.807) is 6.33 Å². The van der Waals surface area contributed by atoms with Gasteiger partial charge in [-0.05, 0) is 24.3 Å². The fourth-order valence-electron chi connectivity index (χ4n) is 3.01. The van der Waals surface area contributed by atoms with Crippen molar-refractivity contribution in [3.63, 3.8) is 0 Å². The van der Waals surface area contributed by atoms with Crippen LogP contribution in [0.1, 0.15) is 24.4 Å². The fourth-order valence-corrected chi connectivity index (χ4v) is 3.01. The highest BCUT2D eigenvalue weighted by Crippen LogP contribution is 2.21. The number of carbonyl (C=O) groups is 1. The summed E-state index contributed by atoms with van der Waals surface area (Å²) >= 11 is 0. The minimum absolute atomic E-state index is 0.00879. The van der Waals surface area contributed by atoms with Crippen LogP contribution in [0.15, 0.2) is 43.0 Å². The molecule has 1 aromatic heterocycles. The third-order valence-electron chi connectivity index (χ3n) is 4.17. The maximum absolute atomic E-state index is 12.6. The number of carbonyl (C=O) groups excluding carboxylic acids is 1. The molecule has 3 rings (SSSR count). The highest BCUT2D eigenvalue weighted by atomic mass is 16.2. The number of nitrogens with two attached hydrogens (primary N) is 1. The second kappa shape index (κ2) is 6.70. The fraction of sp³-hybridized carbons (Fsp3) is 0.438. The standard InChI is InChI=1S/C16H21N5O/c17-15(14-6-2-1-3-7-14)16(22)20-8-4-5-13(9-20)10-21-12-18-11-19-21/h1-3,6-7,11-13,15H,4-5,8-10,17H2/t13-,15-/m1/s1. The number of aromatic nitrogens is 3. The molecule has 2 N–H and O–H groups in total. The Morgan fingerprint density at radius 1 is 1.36 bits per heavy atom. The number of rotatable bonds is 4. The lowest BCUT2D eigenvalue weighted by Gasteiger charge is -2.34. The van der Waals surface area contributed by atoms with Gasteiger partial charge in [0, 0.05) is 19.6 Å². The molecule has 1 amide bonds. The van der Waals surface area contributed by atoms with Crippen molar-refractivity contribution in [2.45, 2.75) is 25.4 Å². The number of amides is 1. The maximum Gasteiger partial charge on any atom is 0.244 e. The average molecular weight is 299 g/mol. The van der Waals surface area contributed by atoms with Crippen LogP contribution in [0.5, 0.6) is 0 Å². The van der Waals surface area contributed by atoms with Crippen LogP contribution >= 0.6 is 0 Å². The zero-order chi connectivity index (χ0) is 15.4. The van der Waals surface area contributed by atoms with E-state index in [0.29, 0.717) is 5.92 Å². The van der Waals surface area contributed by atoms with Gasteiger partial charge < -0.3 is 10.6 Å². The predicted octanol–water partition coefficient (Wildman–Crippen LogP) is 1.22. The Balaban J connectivity index is 1.62. The first kappa shape index (κ1) is 14.7. The molecule has 1 fully saturated rings. The van der Waals surface area contributed by atoms with Crippen LogP contribution in [0.4, 0.5) is 0 Å². The first-order chi connectivity index (χ1) is 10.7. The summed E-state index contributed by atoms with van der Waals surface area (Å²) in [5, 5.41) is 4.14. The summed E-state index contributed by atoms with van der Waals surface area (Å²) in [5.74, 6) is 0.414. The van der Waals surface area contributed by atoms with Crippen molar-refractivity contribution < 1.29 is 4.79 Å². The van der Waals surface area contributed by atoms with E-state index in [1.807, 2.05) is 39.9 Å². The Kier molecular flexibility index (Phi) is 4.48. The molecule has 0 spiro atoms. The molecule has 0 bridgehead atoms. The van der Waals surface area contributed by atoms with Gasteiger partial charge in [-0.2, -0.15) is 5.10 Å². The van der Waals surface area contributed by atoms with Crippen molar-refractivity contribution in [2.75, 3.05) is 13.1 Å². The van der Waals surface area contributed by atoms with Crippen LogP contribution < -0.4 is 5.73 Å². The SMILES string of the molecule is N[C@@H](C(=O)N1CCC[C@@H](Cn2cncn2)C1)c1ccccc1. The number of hydrogen-bond acceptors (Lipinski definition) is 4. The van der Waals surface area contributed by atoms with Crippen LogP contribution in [-0.4, -0.2) is 38.7 Å². The largest absolute Gasteiger partial charge is 0.341 e. The summed E-state index contributed by atoms with van der Waals surface area (Å²) in [6.45, 7) is 2.32. The van der Waals surface area contributed by atoms with Gasteiger partial charge in [0.25, 0.3) is 0 Å². The molecule has 0 saturated carbocycles. The topological polar surface area (TPSA) is 77.0 Å². The summed E-state index contributed by atoms with van der Waals surface area (Å²) in [6.07, 6.45) is 5.37. The van der Waals surface area contributed by atoms with Gasteiger partial charge in [0.1, 0.15) is 18.7 Å². The maximum atomic E-state index is 12.6. The van der Waals surface area contributed by atoms with Gasteiger partial charge in [-0.3, -0.25) is 9.48 Å². The smallest absolute Gasteiger partial charge is 0.244 e. The molecule has 2 heterocycles. The second-order valence-corrected chi connectivity index (χ2v) is 5.80. The monoisotopic (exact) mass is 299 g/mol. The van der Waals surface area contributed by atoms with Gasteiger partial charge in [-0.15, -0.1) is 0 Å². The van der Waals surface area contributed by atoms with E-state index >= 15 is 0 Å². The molecule has 1 aromatic carbocycles. The molecule has 6 nitrogen and oxygen atoms in total. The molecule has 0 aliphatic carbocycles. The van der Waals surface area contributed by atoms with E-state index in [9.17, 15) is 4.79 Å². The van der Waals surface area contributed by atoms with E-state index in [4.69, 9.17) is 5.73 Å². The predicted molar refractivity (Wildman–Crippen MR) is 82.7 cm³/mol. The van der Waals surface area contributed by atoms with Gasteiger partial charge in [0.15, 0.2) is 0 Å². The second-order valence-electron chi connectivity index (χ2n) is 5.80. The minimum Gasteiger partial charge on any atom is -0.341 e. The number of nitrogens with zero attached hydrogens (tertiary/aromatic N) is 4. The lowest BCUT2D eigenvalue weighted by molar-refractivity contribution is -0.134. The number of piperidine rings is 1. The Morgan fingerprint density at radius 2 is 2.18 bits per heavy atom. The molecule has 2 atom stereocenters. The highest BCUT2D eigenvalue weighted by molar-refractivity contribution is 5.83. The zero-order valence-corrected chi connectivity index (χ0v) is 12.5. The van der Waals surface area contributed by atoms with Gasteiger partial charge in [0.05, 0.1) is 0 Å². The van der Waals surface area contributed by atoms with Crippen molar-refractivity contribution in [3.8, 4) is 0 Å². The Labute approximate surface area is 129 Å². The van der Waals surface area contributed by atoms with Gasteiger partial charge in [-0.1, -0.05) is 30.3 Å². The van der Waals surface area contributed by atoms with E-state index in [-0.39, 0.29) is 5.91 Å². The van der Waals surface area contributed by atoms with Crippen LogP contribution in [-0.2, 0) is 11.3 Å². The molecular weight excluding hydrogens is 278 g/mol. The molecular formula is C16H21N5O. The molecule has 0 unspecified atom stereocenters. The first-order valence-corrected chi connectivity index (χ1v) is 7.66. The summed E-state index contributed by atoms with van der Waals surface area (Å²) in [6, 6.07) is 8.97. The van der Waals surface area contributed by atoms with Crippen LogP contribution in [0.2, 0.25) is 0 Å². The average Bonchev–Trinajstić information content (AvgIpc) is 3.07. The number of benzene rings is 1.